The van der Waals surface area contributed by atoms with Crippen LogP contribution in [0.4, 0.5) is 0 Å². The maximum Gasteiger partial charge on any atom is 0.214 e. The molecule has 2 heterocycles. The number of pyridine rings is 1. The first-order valence-electron chi connectivity index (χ1n) is 6.06. The Kier molecular flexibility index (Phi) is 3.11. The smallest absolute Gasteiger partial charge is 0.214 e. The first-order chi connectivity index (χ1) is 9.65. The third kappa shape index (κ3) is 2.23. The summed E-state index contributed by atoms with van der Waals surface area (Å²) in [6, 6.07) is 9.82. The molecule has 2 aromatic heterocycles. The second kappa shape index (κ2) is 4.93. The topological polar surface area (TPSA) is 81.8 Å². The number of hydrogen-bond acceptors (Lipinski definition) is 5. The van der Waals surface area contributed by atoms with Crippen molar-refractivity contribution in [3.05, 3.63) is 46.5 Å². The number of benzene rings is 1. The lowest BCUT2D eigenvalue weighted by Gasteiger charge is -2.07. The number of para-hydroxylation sites is 1. The molecule has 0 bridgehead atoms. The summed E-state index contributed by atoms with van der Waals surface area (Å²) in [6.07, 6.45) is 0. The number of nitrogen functional groups attached to an aromatic ring is 1. The average Bonchev–Trinajstić information content (AvgIpc) is 2.77. The quantitative estimate of drug-likeness (QED) is 0.569. The third-order valence-electron chi connectivity index (χ3n) is 3.03. The largest absolute Gasteiger partial charge is 0.469 e. The van der Waals surface area contributed by atoms with Gasteiger partial charge in [0, 0.05) is 11.5 Å². The van der Waals surface area contributed by atoms with Crippen LogP contribution in [0.3, 0.4) is 0 Å². The molecular weight excluding hydrogens is 274 g/mol. The standard InChI is InChI=1S/C13H13N5OS/c1-8-6-12(15-10-5-3-2-4-9(8)10)19-7-11-16-17-13(20)18(11)14/h2-6H,7,14H2,1H3,(H,17,20). The summed E-state index contributed by atoms with van der Waals surface area (Å²) < 4.78 is 7.27. The SMILES string of the molecule is Cc1cc(OCc2n[nH]c(=S)n2N)nc2ccccc12. The molecule has 20 heavy (non-hydrogen) atoms. The number of aromatic amines is 1. The molecule has 102 valence electrons. The van der Waals surface area contributed by atoms with Crippen molar-refractivity contribution in [3.63, 3.8) is 0 Å². The van der Waals surface area contributed by atoms with Crippen molar-refractivity contribution >= 4 is 23.1 Å². The molecule has 1 aromatic carbocycles. The summed E-state index contributed by atoms with van der Waals surface area (Å²) in [4.78, 5) is 4.45. The molecular formula is C13H13N5OS. The summed E-state index contributed by atoms with van der Waals surface area (Å²) >= 11 is 4.94. The van der Waals surface area contributed by atoms with Gasteiger partial charge >= 0.3 is 0 Å². The highest BCUT2D eigenvalue weighted by Crippen LogP contribution is 2.21. The summed E-state index contributed by atoms with van der Waals surface area (Å²) in [5, 5.41) is 7.70. The summed E-state index contributed by atoms with van der Waals surface area (Å²) in [5.41, 5.74) is 2.01. The van der Waals surface area contributed by atoms with E-state index in [9.17, 15) is 0 Å². The van der Waals surface area contributed by atoms with E-state index in [4.69, 9.17) is 22.8 Å². The molecule has 3 N–H and O–H groups in total. The first kappa shape index (κ1) is 12.6. The molecule has 0 unspecified atom stereocenters. The molecule has 0 saturated carbocycles. The van der Waals surface area contributed by atoms with Gasteiger partial charge in [-0.3, -0.25) is 5.10 Å². The van der Waals surface area contributed by atoms with Gasteiger partial charge in [0.25, 0.3) is 0 Å². The van der Waals surface area contributed by atoms with E-state index >= 15 is 0 Å². The van der Waals surface area contributed by atoms with Gasteiger partial charge in [-0.25, -0.2) is 9.66 Å². The maximum absolute atomic E-state index is 5.71. The van der Waals surface area contributed by atoms with Gasteiger partial charge in [-0.2, -0.15) is 5.10 Å². The maximum atomic E-state index is 5.71. The number of ether oxygens (including phenoxy) is 1. The zero-order chi connectivity index (χ0) is 14.1. The molecule has 0 aliphatic heterocycles. The molecule has 3 rings (SSSR count). The second-order valence-electron chi connectivity index (χ2n) is 4.40. The van der Waals surface area contributed by atoms with Crippen molar-refractivity contribution in [1.82, 2.24) is 19.9 Å². The minimum absolute atomic E-state index is 0.203. The van der Waals surface area contributed by atoms with Crippen molar-refractivity contribution < 1.29 is 4.74 Å². The van der Waals surface area contributed by atoms with Crippen LogP contribution in [0.15, 0.2) is 30.3 Å². The van der Waals surface area contributed by atoms with Crippen LogP contribution in [0.5, 0.6) is 5.88 Å². The number of H-pyrrole nitrogens is 1. The highest BCUT2D eigenvalue weighted by atomic mass is 32.1. The normalized spacial score (nSPS) is 10.8. The van der Waals surface area contributed by atoms with Gasteiger partial charge in [0.1, 0.15) is 0 Å². The molecule has 0 radical (unpaired) electrons. The molecule has 6 nitrogen and oxygen atoms in total. The number of fused-ring (bicyclic) bond motifs is 1. The molecule has 0 atom stereocenters. The van der Waals surface area contributed by atoms with E-state index in [2.05, 4.69) is 15.2 Å². The molecule has 7 heteroatoms. The Morgan fingerprint density at radius 3 is 2.95 bits per heavy atom. The second-order valence-corrected chi connectivity index (χ2v) is 4.78. The van der Waals surface area contributed by atoms with Gasteiger partial charge in [-0.15, -0.1) is 0 Å². The fourth-order valence-corrected chi connectivity index (χ4v) is 2.12. The van der Waals surface area contributed by atoms with Crippen molar-refractivity contribution in [2.75, 3.05) is 5.84 Å². The van der Waals surface area contributed by atoms with E-state index in [0.717, 1.165) is 16.5 Å². The minimum Gasteiger partial charge on any atom is -0.469 e. The Labute approximate surface area is 120 Å². The number of hydrogen-bond donors (Lipinski definition) is 2. The van der Waals surface area contributed by atoms with Gasteiger partial charge in [-0.1, -0.05) is 18.2 Å². The van der Waals surface area contributed by atoms with Crippen LogP contribution in [0.25, 0.3) is 10.9 Å². The number of nitrogens with two attached hydrogens (primary N) is 1. The Bertz CT molecular complexity index is 823. The van der Waals surface area contributed by atoms with Crippen molar-refractivity contribution in [3.8, 4) is 5.88 Å². The Balaban J connectivity index is 1.88. The van der Waals surface area contributed by atoms with Crippen LogP contribution in [0, 0.1) is 11.7 Å². The fraction of sp³-hybridized carbons (Fsp3) is 0.154. The molecule has 3 aromatic rings. The summed E-state index contributed by atoms with van der Waals surface area (Å²) in [6.45, 7) is 2.23. The predicted molar refractivity (Wildman–Crippen MR) is 78.4 cm³/mol. The van der Waals surface area contributed by atoms with Crippen molar-refractivity contribution in [1.29, 1.82) is 0 Å². The van der Waals surface area contributed by atoms with E-state index < -0.39 is 0 Å². The number of rotatable bonds is 3. The first-order valence-corrected chi connectivity index (χ1v) is 6.46. The molecule has 0 aliphatic rings. The fourth-order valence-electron chi connectivity index (χ4n) is 1.97. The van der Waals surface area contributed by atoms with Gasteiger partial charge in [0.15, 0.2) is 12.4 Å². The Morgan fingerprint density at radius 1 is 1.40 bits per heavy atom. The predicted octanol–water partition coefficient (Wildman–Crippen LogP) is 2.09. The summed E-state index contributed by atoms with van der Waals surface area (Å²) in [7, 11) is 0. The molecule has 0 fully saturated rings. The van der Waals surface area contributed by atoms with Gasteiger partial charge in [0.2, 0.25) is 10.7 Å². The third-order valence-corrected chi connectivity index (χ3v) is 3.31. The zero-order valence-corrected chi connectivity index (χ0v) is 11.6. The Morgan fingerprint density at radius 2 is 2.20 bits per heavy atom. The number of aryl methyl sites for hydroxylation is 1. The zero-order valence-electron chi connectivity index (χ0n) is 10.8. The van der Waals surface area contributed by atoms with E-state index in [1.165, 1.54) is 4.68 Å². The number of nitrogens with zero attached hydrogens (tertiary/aromatic N) is 3. The van der Waals surface area contributed by atoms with E-state index in [0.29, 0.717) is 16.5 Å². The van der Waals surface area contributed by atoms with Crippen molar-refractivity contribution in [2.45, 2.75) is 13.5 Å². The lowest BCUT2D eigenvalue weighted by Crippen LogP contribution is -2.14. The minimum atomic E-state index is 0.203. The molecule has 0 spiro atoms. The van der Waals surface area contributed by atoms with Crippen LogP contribution in [0.2, 0.25) is 0 Å². The van der Waals surface area contributed by atoms with Gasteiger partial charge in [-0.05, 0) is 30.8 Å². The number of nitrogens with one attached hydrogen (secondary N) is 1. The van der Waals surface area contributed by atoms with E-state index in [1.807, 2.05) is 37.3 Å². The lowest BCUT2D eigenvalue weighted by molar-refractivity contribution is 0.281. The Hall–Kier alpha value is -2.41. The van der Waals surface area contributed by atoms with Crippen LogP contribution in [0.1, 0.15) is 11.4 Å². The van der Waals surface area contributed by atoms with Crippen LogP contribution < -0.4 is 10.6 Å². The van der Waals surface area contributed by atoms with Gasteiger partial charge < -0.3 is 10.6 Å². The average molecular weight is 287 g/mol. The lowest BCUT2D eigenvalue weighted by atomic mass is 10.1. The van der Waals surface area contributed by atoms with Gasteiger partial charge in [0.05, 0.1) is 5.52 Å². The monoisotopic (exact) mass is 287 g/mol. The molecule has 0 saturated heterocycles. The molecule has 0 aliphatic carbocycles. The number of aromatic nitrogens is 4. The molecule has 0 amide bonds. The van der Waals surface area contributed by atoms with Crippen LogP contribution in [-0.4, -0.2) is 19.9 Å². The van der Waals surface area contributed by atoms with E-state index in [-0.39, 0.29) is 6.61 Å². The highest BCUT2D eigenvalue weighted by molar-refractivity contribution is 7.71. The summed E-state index contributed by atoms with van der Waals surface area (Å²) in [5.74, 6) is 6.76. The van der Waals surface area contributed by atoms with Crippen LogP contribution >= 0.6 is 12.2 Å². The van der Waals surface area contributed by atoms with Crippen molar-refractivity contribution in [2.24, 2.45) is 0 Å². The van der Waals surface area contributed by atoms with E-state index in [1.54, 1.807) is 0 Å². The van der Waals surface area contributed by atoms with Crippen LogP contribution in [-0.2, 0) is 6.61 Å². The highest BCUT2D eigenvalue weighted by Gasteiger charge is 2.07.